The van der Waals surface area contributed by atoms with E-state index in [0.717, 1.165) is 22.6 Å². The van der Waals surface area contributed by atoms with Crippen molar-refractivity contribution in [3.8, 4) is 11.5 Å². The SMILES string of the molecule is COc1cc(C(C)(CN)OC)c(OC)cc1C. The van der Waals surface area contributed by atoms with Crippen LogP contribution in [0.2, 0.25) is 0 Å². The minimum atomic E-state index is -0.577. The summed E-state index contributed by atoms with van der Waals surface area (Å²) < 4.78 is 16.2. The lowest BCUT2D eigenvalue weighted by Gasteiger charge is -2.29. The zero-order chi connectivity index (χ0) is 13.1. The summed E-state index contributed by atoms with van der Waals surface area (Å²) in [5.74, 6) is 1.57. The lowest BCUT2D eigenvalue weighted by molar-refractivity contribution is 0.00804. The molecule has 0 spiro atoms. The molecule has 2 N–H and O–H groups in total. The van der Waals surface area contributed by atoms with Crippen molar-refractivity contribution in [1.82, 2.24) is 0 Å². The van der Waals surface area contributed by atoms with E-state index in [-0.39, 0.29) is 0 Å². The van der Waals surface area contributed by atoms with Crippen molar-refractivity contribution in [3.63, 3.8) is 0 Å². The van der Waals surface area contributed by atoms with Gasteiger partial charge in [0.15, 0.2) is 0 Å². The second kappa shape index (κ2) is 5.38. The number of hydrogen-bond donors (Lipinski definition) is 1. The van der Waals surface area contributed by atoms with Gasteiger partial charge in [-0.3, -0.25) is 0 Å². The normalized spacial score (nSPS) is 14.2. The molecule has 1 aromatic rings. The van der Waals surface area contributed by atoms with Crippen molar-refractivity contribution >= 4 is 0 Å². The van der Waals surface area contributed by atoms with Crippen LogP contribution >= 0.6 is 0 Å². The van der Waals surface area contributed by atoms with Crippen molar-refractivity contribution in [1.29, 1.82) is 0 Å². The van der Waals surface area contributed by atoms with Gasteiger partial charge in [-0.15, -0.1) is 0 Å². The quantitative estimate of drug-likeness (QED) is 0.851. The van der Waals surface area contributed by atoms with Gasteiger partial charge in [-0.1, -0.05) is 0 Å². The average molecular weight is 239 g/mol. The second-order valence-electron chi connectivity index (χ2n) is 4.16. The summed E-state index contributed by atoms with van der Waals surface area (Å²) >= 11 is 0. The highest BCUT2D eigenvalue weighted by Crippen LogP contribution is 2.36. The topological polar surface area (TPSA) is 53.7 Å². The molecule has 0 aliphatic carbocycles. The van der Waals surface area contributed by atoms with Gasteiger partial charge in [-0.05, 0) is 31.5 Å². The molecule has 0 fully saturated rings. The van der Waals surface area contributed by atoms with Crippen LogP contribution in [-0.4, -0.2) is 27.9 Å². The van der Waals surface area contributed by atoms with E-state index in [1.54, 1.807) is 21.3 Å². The van der Waals surface area contributed by atoms with E-state index in [1.807, 2.05) is 26.0 Å². The standard InChI is InChI=1S/C13H21NO3/c1-9-6-12(16-4)10(7-11(9)15-3)13(2,8-14)17-5/h6-7H,8,14H2,1-5H3. The summed E-state index contributed by atoms with van der Waals surface area (Å²) in [6.45, 7) is 4.27. The van der Waals surface area contributed by atoms with Gasteiger partial charge in [-0.25, -0.2) is 0 Å². The Morgan fingerprint density at radius 2 is 1.71 bits per heavy atom. The first-order valence-electron chi connectivity index (χ1n) is 5.50. The molecule has 0 amide bonds. The van der Waals surface area contributed by atoms with Gasteiger partial charge in [0.2, 0.25) is 0 Å². The molecule has 96 valence electrons. The van der Waals surface area contributed by atoms with Crippen LogP contribution in [0.1, 0.15) is 18.1 Å². The Labute approximate surface area is 103 Å². The van der Waals surface area contributed by atoms with Crippen molar-refractivity contribution in [2.45, 2.75) is 19.4 Å². The molecular weight excluding hydrogens is 218 g/mol. The van der Waals surface area contributed by atoms with Gasteiger partial charge in [0.25, 0.3) is 0 Å². The van der Waals surface area contributed by atoms with Crippen LogP contribution in [0.4, 0.5) is 0 Å². The fourth-order valence-electron chi connectivity index (χ4n) is 1.77. The van der Waals surface area contributed by atoms with Crippen LogP contribution in [0, 0.1) is 6.92 Å². The van der Waals surface area contributed by atoms with Gasteiger partial charge >= 0.3 is 0 Å². The minimum absolute atomic E-state index is 0.367. The predicted octanol–water partition coefficient (Wildman–Crippen LogP) is 1.83. The molecule has 0 saturated carbocycles. The number of benzene rings is 1. The van der Waals surface area contributed by atoms with Crippen LogP contribution in [0.3, 0.4) is 0 Å². The summed E-state index contributed by atoms with van der Waals surface area (Å²) in [5, 5.41) is 0. The number of methoxy groups -OCH3 is 3. The highest BCUT2D eigenvalue weighted by molar-refractivity contribution is 5.48. The Bertz CT molecular complexity index is 386. The van der Waals surface area contributed by atoms with Gasteiger partial charge in [-0.2, -0.15) is 0 Å². The fourth-order valence-corrected chi connectivity index (χ4v) is 1.77. The van der Waals surface area contributed by atoms with E-state index in [9.17, 15) is 0 Å². The van der Waals surface area contributed by atoms with E-state index < -0.39 is 5.60 Å². The molecule has 1 aromatic carbocycles. The Kier molecular flexibility index (Phi) is 4.37. The molecule has 4 nitrogen and oxygen atoms in total. The van der Waals surface area contributed by atoms with Crippen LogP contribution in [0.5, 0.6) is 11.5 Å². The van der Waals surface area contributed by atoms with Crippen LogP contribution in [0.15, 0.2) is 12.1 Å². The molecule has 1 atom stereocenters. The van der Waals surface area contributed by atoms with Crippen molar-refractivity contribution in [3.05, 3.63) is 23.3 Å². The Morgan fingerprint density at radius 3 is 2.12 bits per heavy atom. The van der Waals surface area contributed by atoms with Crippen LogP contribution in [0.25, 0.3) is 0 Å². The molecule has 0 aromatic heterocycles. The maximum atomic E-state index is 5.78. The molecule has 0 radical (unpaired) electrons. The van der Waals surface area contributed by atoms with Crippen molar-refractivity contribution in [2.75, 3.05) is 27.9 Å². The molecule has 0 aliphatic heterocycles. The number of rotatable bonds is 5. The molecule has 0 bridgehead atoms. The van der Waals surface area contributed by atoms with Gasteiger partial charge in [0.05, 0.1) is 14.2 Å². The van der Waals surface area contributed by atoms with Gasteiger partial charge in [0, 0.05) is 19.2 Å². The highest BCUT2D eigenvalue weighted by Gasteiger charge is 2.29. The monoisotopic (exact) mass is 239 g/mol. The Hall–Kier alpha value is -1.26. The molecule has 0 heterocycles. The third-order valence-electron chi connectivity index (χ3n) is 3.13. The molecule has 1 unspecified atom stereocenters. The number of hydrogen-bond acceptors (Lipinski definition) is 4. The van der Waals surface area contributed by atoms with Crippen molar-refractivity contribution in [2.24, 2.45) is 5.73 Å². The zero-order valence-electron chi connectivity index (χ0n) is 11.2. The molecule has 0 saturated heterocycles. The second-order valence-corrected chi connectivity index (χ2v) is 4.16. The molecule has 0 aliphatic rings. The Morgan fingerprint density at radius 1 is 1.12 bits per heavy atom. The van der Waals surface area contributed by atoms with Crippen LogP contribution < -0.4 is 15.2 Å². The lowest BCUT2D eigenvalue weighted by Crippen LogP contribution is -2.34. The Balaban J connectivity index is 3.39. The summed E-state index contributed by atoms with van der Waals surface area (Å²) in [6, 6.07) is 3.85. The average Bonchev–Trinajstić information content (AvgIpc) is 2.37. The molecule has 17 heavy (non-hydrogen) atoms. The number of aryl methyl sites for hydroxylation is 1. The van der Waals surface area contributed by atoms with E-state index in [0.29, 0.717) is 6.54 Å². The lowest BCUT2D eigenvalue weighted by atomic mass is 9.93. The van der Waals surface area contributed by atoms with Crippen molar-refractivity contribution < 1.29 is 14.2 Å². The fraction of sp³-hybridized carbons (Fsp3) is 0.538. The molecular formula is C13H21NO3. The van der Waals surface area contributed by atoms with E-state index in [1.165, 1.54) is 0 Å². The predicted molar refractivity (Wildman–Crippen MR) is 67.7 cm³/mol. The number of nitrogens with two attached hydrogens (primary N) is 1. The first kappa shape index (κ1) is 13.8. The maximum Gasteiger partial charge on any atom is 0.125 e. The summed E-state index contributed by atoms with van der Waals surface area (Å²) in [6.07, 6.45) is 0. The summed E-state index contributed by atoms with van der Waals surface area (Å²) in [4.78, 5) is 0. The third kappa shape index (κ3) is 2.53. The zero-order valence-corrected chi connectivity index (χ0v) is 11.2. The highest BCUT2D eigenvalue weighted by atomic mass is 16.5. The maximum absolute atomic E-state index is 5.78. The summed E-state index contributed by atoms with van der Waals surface area (Å²) in [5.41, 5.74) is 7.12. The smallest absolute Gasteiger partial charge is 0.125 e. The number of ether oxygens (including phenoxy) is 3. The van der Waals surface area contributed by atoms with Gasteiger partial charge in [0.1, 0.15) is 17.1 Å². The molecule has 1 rings (SSSR count). The first-order chi connectivity index (χ1) is 8.02. The van der Waals surface area contributed by atoms with Gasteiger partial charge < -0.3 is 19.9 Å². The minimum Gasteiger partial charge on any atom is -0.496 e. The van der Waals surface area contributed by atoms with E-state index >= 15 is 0 Å². The summed E-state index contributed by atoms with van der Waals surface area (Å²) in [7, 11) is 4.92. The van der Waals surface area contributed by atoms with Crippen LogP contribution in [-0.2, 0) is 10.3 Å². The largest absolute Gasteiger partial charge is 0.496 e. The van der Waals surface area contributed by atoms with E-state index in [2.05, 4.69) is 0 Å². The third-order valence-corrected chi connectivity index (χ3v) is 3.13. The van der Waals surface area contributed by atoms with E-state index in [4.69, 9.17) is 19.9 Å². The molecule has 4 heteroatoms. The first-order valence-corrected chi connectivity index (χ1v) is 5.50.